The SMILES string of the molecule is CO/N=C/C=C\c1ccc(C)cc1. The normalized spacial score (nSPS) is 11.2. The molecule has 0 amide bonds. The van der Waals surface area contributed by atoms with Crippen molar-refractivity contribution in [2.75, 3.05) is 7.11 Å². The van der Waals surface area contributed by atoms with E-state index < -0.39 is 0 Å². The van der Waals surface area contributed by atoms with E-state index in [1.165, 1.54) is 12.7 Å². The molecule has 0 aliphatic rings. The summed E-state index contributed by atoms with van der Waals surface area (Å²) in [5, 5.41) is 3.59. The molecule has 0 unspecified atom stereocenters. The molecular formula is C11H13NO. The predicted octanol–water partition coefficient (Wildman–Crippen LogP) is 2.64. The summed E-state index contributed by atoms with van der Waals surface area (Å²) in [5.41, 5.74) is 2.43. The van der Waals surface area contributed by atoms with Crippen LogP contribution in [0.15, 0.2) is 35.5 Å². The van der Waals surface area contributed by atoms with E-state index in [1.54, 1.807) is 6.21 Å². The molecule has 0 saturated carbocycles. The van der Waals surface area contributed by atoms with Crippen molar-refractivity contribution in [1.29, 1.82) is 0 Å². The van der Waals surface area contributed by atoms with Crippen molar-refractivity contribution in [2.24, 2.45) is 5.16 Å². The van der Waals surface area contributed by atoms with Crippen LogP contribution in [-0.2, 0) is 4.84 Å². The van der Waals surface area contributed by atoms with Gasteiger partial charge in [-0.2, -0.15) is 0 Å². The van der Waals surface area contributed by atoms with Crippen molar-refractivity contribution in [1.82, 2.24) is 0 Å². The van der Waals surface area contributed by atoms with Crippen LogP contribution in [0.25, 0.3) is 6.08 Å². The first-order valence-electron chi connectivity index (χ1n) is 4.13. The lowest BCUT2D eigenvalue weighted by Crippen LogP contribution is -1.74. The van der Waals surface area contributed by atoms with Gasteiger partial charge in [0.2, 0.25) is 0 Å². The fourth-order valence-corrected chi connectivity index (χ4v) is 0.928. The maximum absolute atomic E-state index is 4.52. The number of hydrogen-bond acceptors (Lipinski definition) is 2. The first kappa shape index (κ1) is 9.52. The van der Waals surface area contributed by atoms with E-state index >= 15 is 0 Å². The average Bonchev–Trinajstić information content (AvgIpc) is 2.15. The monoisotopic (exact) mass is 175 g/mol. The fourth-order valence-electron chi connectivity index (χ4n) is 0.928. The van der Waals surface area contributed by atoms with Gasteiger partial charge < -0.3 is 4.84 Å². The summed E-state index contributed by atoms with van der Waals surface area (Å²) >= 11 is 0. The lowest BCUT2D eigenvalue weighted by molar-refractivity contribution is 0.215. The second-order valence-electron chi connectivity index (χ2n) is 2.71. The van der Waals surface area contributed by atoms with Gasteiger partial charge in [0.25, 0.3) is 0 Å². The summed E-state index contributed by atoms with van der Waals surface area (Å²) in [6, 6.07) is 8.28. The zero-order chi connectivity index (χ0) is 9.52. The van der Waals surface area contributed by atoms with Gasteiger partial charge in [-0.05, 0) is 18.6 Å². The molecule has 0 aliphatic carbocycles. The molecule has 1 aromatic rings. The molecule has 0 fully saturated rings. The van der Waals surface area contributed by atoms with Gasteiger partial charge in [-0.25, -0.2) is 0 Å². The molecular weight excluding hydrogens is 162 g/mol. The van der Waals surface area contributed by atoms with Crippen LogP contribution >= 0.6 is 0 Å². The van der Waals surface area contributed by atoms with Crippen LogP contribution in [0.2, 0.25) is 0 Å². The van der Waals surface area contributed by atoms with Crippen LogP contribution in [0.3, 0.4) is 0 Å². The Hall–Kier alpha value is -1.57. The summed E-state index contributed by atoms with van der Waals surface area (Å²) in [7, 11) is 1.52. The molecule has 0 saturated heterocycles. The van der Waals surface area contributed by atoms with Crippen LogP contribution in [-0.4, -0.2) is 13.3 Å². The standard InChI is InChI=1S/C11H13NO/c1-10-5-7-11(8-6-10)4-3-9-12-13-2/h3-9H,1-2H3/b4-3-,12-9+. The minimum Gasteiger partial charge on any atom is -0.399 e. The van der Waals surface area contributed by atoms with E-state index in [9.17, 15) is 0 Å². The summed E-state index contributed by atoms with van der Waals surface area (Å²) in [4.78, 5) is 4.52. The topological polar surface area (TPSA) is 21.6 Å². The van der Waals surface area contributed by atoms with E-state index in [4.69, 9.17) is 0 Å². The molecule has 0 spiro atoms. The summed E-state index contributed by atoms with van der Waals surface area (Å²) in [6.07, 6.45) is 5.43. The fraction of sp³-hybridized carbons (Fsp3) is 0.182. The van der Waals surface area contributed by atoms with Crippen LogP contribution < -0.4 is 0 Å². The molecule has 1 rings (SSSR count). The molecule has 1 aromatic carbocycles. The quantitative estimate of drug-likeness (QED) is 0.511. The van der Waals surface area contributed by atoms with Crippen molar-refractivity contribution < 1.29 is 4.84 Å². The molecule has 0 atom stereocenters. The van der Waals surface area contributed by atoms with Crippen molar-refractivity contribution >= 4 is 12.3 Å². The van der Waals surface area contributed by atoms with Crippen molar-refractivity contribution in [3.05, 3.63) is 41.5 Å². The summed E-state index contributed by atoms with van der Waals surface area (Å²) < 4.78 is 0. The lowest BCUT2D eigenvalue weighted by atomic mass is 10.1. The van der Waals surface area contributed by atoms with Crippen LogP contribution in [0.1, 0.15) is 11.1 Å². The molecule has 68 valence electrons. The Bertz CT molecular complexity index is 298. The number of rotatable bonds is 3. The highest BCUT2D eigenvalue weighted by molar-refractivity contribution is 5.77. The van der Waals surface area contributed by atoms with Crippen LogP contribution in [0.5, 0.6) is 0 Å². The molecule has 13 heavy (non-hydrogen) atoms. The Morgan fingerprint density at radius 2 is 1.92 bits per heavy atom. The minimum atomic E-state index is 1.16. The molecule has 0 aliphatic heterocycles. The van der Waals surface area contributed by atoms with Gasteiger partial charge in [-0.1, -0.05) is 41.1 Å². The van der Waals surface area contributed by atoms with Gasteiger partial charge in [-0.15, -0.1) is 0 Å². The molecule has 0 radical (unpaired) electrons. The van der Waals surface area contributed by atoms with E-state index in [0.29, 0.717) is 0 Å². The third-order valence-corrected chi connectivity index (χ3v) is 1.62. The Morgan fingerprint density at radius 1 is 1.23 bits per heavy atom. The third kappa shape index (κ3) is 3.56. The van der Waals surface area contributed by atoms with E-state index in [2.05, 4.69) is 41.2 Å². The van der Waals surface area contributed by atoms with Gasteiger partial charge in [0.05, 0.1) is 6.21 Å². The largest absolute Gasteiger partial charge is 0.399 e. The van der Waals surface area contributed by atoms with Crippen LogP contribution in [0, 0.1) is 6.92 Å². The van der Waals surface area contributed by atoms with Gasteiger partial charge >= 0.3 is 0 Å². The number of allylic oxidation sites excluding steroid dienone is 1. The second-order valence-corrected chi connectivity index (χ2v) is 2.71. The maximum atomic E-state index is 4.52. The zero-order valence-electron chi connectivity index (χ0n) is 7.90. The number of nitrogens with zero attached hydrogens (tertiary/aromatic N) is 1. The Morgan fingerprint density at radius 3 is 2.54 bits per heavy atom. The van der Waals surface area contributed by atoms with E-state index in [-0.39, 0.29) is 0 Å². The van der Waals surface area contributed by atoms with Gasteiger partial charge in [-0.3, -0.25) is 0 Å². The summed E-state index contributed by atoms with van der Waals surface area (Å²) in [6.45, 7) is 2.07. The first-order valence-corrected chi connectivity index (χ1v) is 4.13. The average molecular weight is 175 g/mol. The number of hydrogen-bond donors (Lipinski definition) is 0. The number of oxime groups is 1. The van der Waals surface area contributed by atoms with E-state index in [1.807, 2.05) is 12.2 Å². The molecule has 0 bridgehead atoms. The number of aryl methyl sites for hydroxylation is 1. The third-order valence-electron chi connectivity index (χ3n) is 1.62. The molecule has 2 nitrogen and oxygen atoms in total. The highest BCUT2D eigenvalue weighted by atomic mass is 16.6. The van der Waals surface area contributed by atoms with Gasteiger partial charge in [0, 0.05) is 0 Å². The van der Waals surface area contributed by atoms with Crippen molar-refractivity contribution in [2.45, 2.75) is 6.92 Å². The highest BCUT2D eigenvalue weighted by Crippen LogP contribution is 2.04. The molecule has 0 aromatic heterocycles. The van der Waals surface area contributed by atoms with E-state index in [0.717, 1.165) is 5.56 Å². The Kier molecular flexibility index (Phi) is 3.76. The second kappa shape index (κ2) is 5.14. The molecule has 0 N–H and O–H groups in total. The predicted molar refractivity (Wildman–Crippen MR) is 55.7 cm³/mol. The van der Waals surface area contributed by atoms with Crippen molar-refractivity contribution in [3.8, 4) is 0 Å². The summed E-state index contributed by atoms with van der Waals surface area (Å²) in [5.74, 6) is 0. The van der Waals surface area contributed by atoms with Crippen molar-refractivity contribution in [3.63, 3.8) is 0 Å². The van der Waals surface area contributed by atoms with Crippen LogP contribution in [0.4, 0.5) is 0 Å². The smallest absolute Gasteiger partial charge is 0.106 e. The highest BCUT2D eigenvalue weighted by Gasteiger charge is 1.84. The van der Waals surface area contributed by atoms with Gasteiger partial charge in [0.15, 0.2) is 0 Å². The zero-order valence-corrected chi connectivity index (χ0v) is 7.90. The maximum Gasteiger partial charge on any atom is 0.106 e. The Labute approximate surface area is 78.5 Å². The number of benzene rings is 1. The minimum absolute atomic E-state index is 1.16. The Balaban J connectivity index is 2.59. The first-order chi connectivity index (χ1) is 6.33. The lowest BCUT2D eigenvalue weighted by Gasteiger charge is -1.92. The molecule has 0 heterocycles. The molecule has 2 heteroatoms. The van der Waals surface area contributed by atoms with Gasteiger partial charge in [0.1, 0.15) is 7.11 Å².